The van der Waals surface area contributed by atoms with Crippen LogP contribution in [0.25, 0.3) is 0 Å². The van der Waals surface area contributed by atoms with E-state index in [-0.39, 0.29) is 16.6 Å². The number of ether oxygens (including phenoxy) is 2. The van der Waals surface area contributed by atoms with E-state index in [0.717, 1.165) is 0 Å². The third-order valence-corrected chi connectivity index (χ3v) is 1.88. The Bertz CT molecular complexity index is 455. The van der Waals surface area contributed by atoms with Gasteiger partial charge in [0.15, 0.2) is 16.6 Å². The molecule has 0 fully saturated rings. The summed E-state index contributed by atoms with van der Waals surface area (Å²) in [5.74, 6) is 0.126. The van der Waals surface area contributed by atoms with Crippen LogP contribution in [0, 0.1) is 0 Å². The smallest absolute Gasteiger partial charge is 0.387 e. The number of methoxy groups -OCH3 is 1. The van der Waals surface area contributed by atoms with Crippen LogP contribution in [0.4, 0.5) is 8.78 Å². The Kier molecular flexibility index (Phi) is 5.25. The van der Waals surface area contributed by atoms with Crippen molar-refractivity contribution >= 4 is 23.5 Å². The maximum atomic E-state index is 12.2. The first kappa shape index (κ1) is 14.1. The maximum Gasteiger partial charge on any atom is 0.387 e. The molecule has 5 nitrogen and oxygen atoms in total. The first-order valence-corrected chi connectivity index (χ1v) is 5.15. The van der Waals surface area contributed by atoms with E-state index in [1.807, 2.05) is 0 Å². The van der Waals surface area contributed by atoms with Crippen molar-refractivity contribution in [1.29, 1.82) is 0 Å². The summed E-state index contributed by atoms with van der Waals surface area (Å²) in [6.07, 6.45) is 1.36. The zero-order chi connectivity index (χ0) is 13.5. The Balaban J connectivity index is 2.88. The Morgan fingerprint density at radius 1 is 1.50 bits per heavy atom. The average molecular weight is 275 g/mol. The van der Waals surface area contributed by atoms with Gasteiger partial charge in [0.1, 0.15) is 0 Å². The lowest BCUT2D eigenvalue weighted by molar-refractivity contribution is -0.0512. The topological polar surface area (TPSA) is 68.9 Å². The third-order valence-electron chi connectivity index (χ3n) is 1.79. The molecule has 18 heavy (non-hydrogen) atoms. The van der Waals surface area contributed by atoms with Gasteiger partial charge in [-0.05, 0) is 36.0 Å². The van der Waals surface area contributed by atoms with Crippen LogP contribution in [0.2, 0.25) is 0 Å². The van der Waals surface area contributed by atoms with Crippen LogP contribution in [0.15, 0.2) is 23.3 Å². The zero-order valence-corrected chi connectivity index (χ0v) is 10.2. The molecule has 0 radical (unpaired) electrons. The molecule has 1 aromatic rings. The summed E-state index contributed by atoms with van der Waals surface area (Å²) in [5, 5.41) is 3.70. The van der Waals surface area contributed by atoms with Gasteiger partial charge in [0.05, 0.1) is 13.3 Å². The van der Waals surface area contributed by atoms with Gasteiger partial charge in [-0.15, -0.1) is 0 Å². The molecule has 1 aromatic carbocycles. The van der Waals surface area contributed by atoms with Crippen molar-refractivity contribution in [3.63, 3.8) is 0 Å². The Labute approximate surface area is 108 Å². The van der Waals surface area contributed by atoms with Crippen molar-refractivity contribution in [3.8, 4) is 11.5 Å². The first-order valence-electron chi connectivity index (χ1n) is 4.74. The summed E-state index contributed by atoms with van der Waals surface area (Å²) in [5.41, 5.74) is 8.03. The molecule has 0 atom stereocenters. The molecule has 1 rings (SSSR count). The maximum absolute atomic E-state index is 12.2. The molecule has 0 amide bonds. The van der Waals surface area contributed by atoms with Gasteiger partial charge in [-0.2, -0.15) is 13.9 Å². The molecule has 8 heteroatoms. The highest BCUT2D eigenvalue weighted by molar-refractivity contribution is 7.80. The number of halogens is 2. The lowest BCUT2D eigenvalue weighted by Crippen LogP contribution is -2.23. The lowest BCUT2D eigenvalue weighted by Gasteiger charge is -2.10. The van der Waals surface area contributed by atoms with Crippen LogP contribution >= 0.6 is 12.2 Å². The van der Waals surface area contributed by atoms with E-state index in [1.165, 1.54) is 25.5 Å². The molecule has 3 N–H and O–H groups in total. The molecule has 98 valence electrons. The molecule has 0 saturated heterocycles. The molecule has 0 spiro atoms. The number of hydrogen-bond donors (Lipinski definition) is 2. The summed E-state index contributed by atoms with van der Waals surface area (Å²) in [4.78, 5) is 0. The summed E-state index contributed by atoms with van der Waals surface area (Å²) >= 11 is 4.54. The number of hydrazone groups is 1. The molecular formula is C10H11F2N3O2S. The SMILES string of the molecule is COc1ccc(C=NNC(N)=S)cc1OC(F)F. The molecule has 0 bridgehead atoms. The fourth-order valence-corrected chi connectivity index (χ4v) is 1.18. The highest BCUT2D eigenvalue weighted by atomic mass is 32.1. The summed E-state index contributed by atoms with van der Waals surface area (Å²) < 4.78 is 33.5. The number of rotatable bonds is 5. The van der Waals surface area contributed by atoms with Crippen LogP contribution in [0.3, 0.4) is 0 Å². The van der Waals surface area contributed by atoms with Gasteiger partial charge in [-0.3, -0.25) is 5.43 Å². The first-order chi connectivity index (χ1) is 8.52. The normalized spacial score (nSPS) is 10.7. The molecule has 0 saturated carbocycles. The van der Waals surface area contributed by atoms with Gasteiger partial charge in [0.2, 0.25) is 0 Å². The van der Waals surface area contributed by atoms with E-state index < -0.39 is 6.61 Å². The second-order valence-electron chi connectivity index (χ2n) is 3.02. The van der Waals surface area contributed by atoms with E-state index in [9.17, 15) is 8.78 Å². The van der Waals surface area contributed by atoms with Gasteiger partial charge >= 0.3 is 6.61 Å². The van der Waals surface area contributed by atoms with Crippen LogP contribution in [0.5, 0.6) is 11.5 Å². The van der Waals surface area contributed by atoms with Gasteiger partial charge in [0.25, 0.3) is 0 Å². The van der Waals surface area contributed by atoms with E-state index in [1.54, 1.807) is 6.07 Å². The molecule has 0 unspecified atom stereocenters. The average Bonchev–Trinajstić information content (AvgIpc) is 2.28. The fourth-order valence-electron chi connectivity index (χ4n) is 1.13. The number of alkyl halides is 2. The Morgan fingerprint density at radius 2 is 2.22 bits per heavy atom. The highest BCUT2D eigenvalue weighted by Gasteiger charge is 2.10. The second kappa shape index (κ2) is 6.70. The third kappa shape index (κ3) is 4.50. The zero-order valence-electron chi connectivity index (χ0n) is 9.39. The van der Waals surface area contributed by atoms with Crippen molar-refractivity contribution in [2.45, 2.75) is 6.61 Å². The summed E-state index contributed by atoms with van der Waals surface area (Å²) in [6, 6.07) is 4.46. The predicted molar refractivity (Wildman–Crippen MR) is 67.1 cm³/mol. The van der Waals surface area contributed by atoms with E-state index in [4.69, 9.17) is 10.5 Å². The lowest BCUT2D eigenvalue weighted by atomic mass is 10.2. The largest absolute Gasteiger partial charge is 0.493 e. The van der Waals surface area contributed by atoms with E-state index >= 15 is 0 Å². The van der Waals surface area contributed by atoms with Gasteiger partial charge < -0.3 is 15.2 Å². The summed E-state index contributed by atoms with van der Waals surface area (Å²) in [6.45, 7) is -2.93. The van der Waals surface area contributed by atoms with Crippen molar-refractivity contribution in [3.05, 3.63) is 23.8 Å². The molecular weight excluding hydrogens is 264 g/mol. The van der Waals surface area contributed by atoms with Crippen molar-refractivity contribution in [2.75, 3.05) is 7.11 Å². The van der Waals surface area contributed by atoms with Crippen LogP contribution in [-0.2, 0) is 0 Å². The number of thiocarbonyl (C=S) groups is 1. The predicted octanol–water partition coefficient (Wildman–Crippen LogP) is 1.46. The minimum atomic E-state index is -2.93. The van der Waals surface area contributed by atoms with Crippen molar-refractivity contribution in [1.82, 2.24) is 5.43 Å². The fraction of sp³-hybridized carbons (Fsp3) is 0.200. The van der Waals surface area contributed by atoms with Gasteiger partial charge in [-0.25, -0.2) is 0 Å². The Hall–Kier alpha value is -1.96. The Morgan fingerprint density at radius 3 is 2.78 bits per heavy atom. The van der Waals surface area contributed by atoms with Gasteiger partial charge in [-0.1, -0.05) is 0 Å². The highest BCUT2D eigenvalue weighted by Crippen LogP contribution is 2.28. The van der Waals surface area contributed by atoms with Crippen molar-refractivity contribution in [2.24, 2.45) is 10.8 Å². The molecule has 0 aliphatic carbocycles. The standard InChI is InChI=1S/C10H11F2N3O2S/c1-16-7-3-2-6(5-14-15-10(13)18)4-8(7)17-9(11)12/h2-5,9H,1H3,(H3,13,15,18). The van der Waals surface area contributed by atoms with Crippen LogP contribution < -0.4 is 20.6 Å². The minimum absolute atomic E-state index is 0.00353. The second-order valence-corrected chi connectivity index (χ2v) is 3.46. The van der Waals surface area contributed by atoms with Crippen molar-refractivity contribution < 1.29 is 18.3 Å². The van der Waals surface area contributed by atoms with E-state index in [0.29, 0.717) is 5.56 Å². The molecule has 0 heterocycles. The number of nitrogens with zero attached hydrogens (tertiary/aromatic N) is 1. The van der Waals surface area contributed by atoms with E-state index in [2.05, 4.69) is 27.5 Å². The summed E-state index contributed by atoms with van der Waals surface area (Å²) in [7, 11) is 1.36. The monoisotopic (exact) mass is 275 g/mol. The molecule has 0 aliphatic rings. The van der Waals surface area contributed by atoms with Crippen LogP contribution in [-0.4, -0.2) is 25.0 Å². The quantitative estimate of drug-likeness (QED) is 0.484. The number of hydrogen-bond acceptors (Lipinski definition) is 4. The van der Waals surface area contributed by atoms with Gasteiger partial charge in [0, 0.05) is 0 Å². The van der Waals surface area contributed by atoms with Crippen LogP contribution in [0.1, 0.15) is 5.56 Å². The number of benzene rings is 1. The molecule has 0 aliphatic heterocycles. The molecule has 0 aromatic heterocycles. The number of nitrogens with one attached hydrogen (secondary N) is 1. The minimum Gasteiger partial charge on any atom is -0.493 e. The number of nitrogens with two attached hydrogens (primary N) is 1.